The van der Waals surface area contributed by atoms with Crippen molar-refractivity contribution in [3.63, 3.8) is 0 Å². The van der Waals surface area contributed by atoms with Crippen LogP contribution in [-0.2, 0) is 4.79 Å². The number of anilines is 2. The number of amides is 1. The lowest BCUT2D eigenvalue weighted by Crippen LogP contribution is -2.48. The van der Waals surface area contributed by atoms with Gasteiger partial charge in [0.2, 0.25) is 5.91 Å². The average Bonchev–Trinajstić information content (AvgIpc) is 3.17. The monoisotopic (exact) mass is 436 g/mol. The van der Waals surface area contributed by atoms with Gasteiger partial charge in [0.15, 0.2) is 10.9 Å². The first-order valence-electron chi connectivity index (χ1n) is 9.74. The summed E-state index contributed by atoms with van der Waals surface area (Å²) < 4.78 is 0. The van der Waals surface area contributed by atoms with Gasteiger partial charge in [0.05, 0.1) is 28.0 Å². The maximum atomic E-state index is 11.5. The van der Waals surface area contributed by atoms with Crippen molar-refractivity contribution in [1.82, 2.24) is 14.9 Å². The number of thiazole rings is 1. The molecule has 3 rings (SSSR count). The van der Waals surface area contributed by atoms with Crippen molar-refractivity contribution in [1.29, 1.82) is 5.26 Å². The molecular formula is C21H24N8OS. The number of nitrogens with zero attached hydrogens (tertiary/aromatic N) is 7. The predicted octanol–water partition coefficient (Wildman–Crippen LogP) is 2.89. The number of hydrogen-bond acceptors (Lipinski definition) is 9. The Bertz CT molecular complexity index is 1060. The molecule has 0 aromatic carbocycles. The van der Waals surface area contributed by atoms with Crippen molar-refractivity contribution < 1.29 is 4.79 Å². The van der Waals surface area contributed by atoms with Crippen LogP contribution in [0.4, 0.5) is 16.6 Å². The Hall–Kier alpha value is -3.58. The quantitative estimate of drug-likeness (QED) is 0.551. The molecule has 1 aliphatic heterocycles. The zero-order chi connectivity index (χ0) is 22.4. The van der Waals surface area contributed by atoms with E-state index in [1.165, 1.54) is 17.6 Å². The molecule has 2 aromatic heterocycles. The number of rotatable bonds is 6. The van der Waals surface area contributed by atoms with E-state index in [1.807, 2.05) is 17.9 Å². The summed E-state index contributed by atoms with van der Waals surface area (Å²) in [5.74, 6) is 0.590. The van der Waals surface area contributed by atoms with Crippen molar-refractivity contribution in [2.75, 3.05) is 43.4 Å². The van der Waals surface area contributed by atoms with Gasteiger partial charge in [0.1, 0.15) is 11.8 Å². The van der Waals surface area contributed by atoms with Crippen molar-refractivity contribution in [3.8, 4) is 6.07 Å². The van der Waals surface area contributed by atoms with E-state index in [9.17, 15) is 10.1 Å². The number of aliphatic imine (C=N–C) groups is 2. The molecule has 0 radical (unpaired) electrons. The van der Waals surface area contributed by atoms with Crippen LogP contribution in [0.3, 0.4) is 0 Å². The molecule has 1 aliphatic rings. The molecule has 0 atom stereocenters. The molecule has 0 unspecified atom stereocenters. The van der Waals surface area contributed by atoms with Gasteiger partial charge >= 0.3 is 0 Å². The van der Waals surface area contributed by atoms with Gasteiger partial charge in [-0.1, -0.05) is 11.3 Å². The molecule has 31 heavy (non-hydrogen) atoms. The molecule has 2 aromatic rings. The summed E-state index contributed by atoms with van der Waals surface area (Å²) in [6.07, 6.45) is 3.21. The topological polar surface area (TPSA) is 110 Å². The van der Waals surface area contributed by atoms with Crippen LogP contribution in [-0.4, -0.2) is 66.9 Å². The minimum atomic E-state index is 0.105. The molecule has 1 saturated heterocycles. The minimum Gasteiger partial charge on any atom is -0.367 e. The molecule has 0 aliphatic carbocycles. The molecule has 0 spiro atoms. The Kier molecular flexibility index (Phi) is 7.10. The van der Waals surface area contributed by atoms with Crippen LogP contribution in [0.15, 0.2) is 33.9 Å². The molecule has 0 bridgehead atoms. The van der Waals surface area contributed by atoms with E-state index in [0.717, 1.165) is 34.5 Å². The van der Waals surface area contributed by atoms with Crippen molar-refractivity contribution >= 4 is 52.5 Å². The number of carbonyl (C=O) groups is 1. The van der Waals surface area contributed by atoms with Crippen LogP contribution in [0.1, 0.15) is 17.5 Å². The van der Waals surface area contributed by atoms with Crippen LogP contribution in [0, 0.1) is 18.3 Å². The molecule has 9 nitrogen and oxygen atoms in total. The Morgan fingerprint density at radius 2 is 2.10 bits per heavy atom. The Balaban J connectivity index is 1.76. The zero-order valence-electron chi connectivity index (χ0n) is 17.8. The summed E-state index contributed by atoms with van der Waals surface area (Å²) >= 11 is 1.40. The number of nitriles is 1. The van der Waals surface area contributed by atoms with Crippen LogP contribution in [0.25, 0.3) is 5.70 Å². The second kappa shape index (κ2) is 9.95. The number of carbonyl (C=O) groups excluding carboxylic acids is 1. The van der Waals surface area contributed by atoms with Gasteiger partial charge in [0, 0.05) is 46.4 Å². The highest BCUT2D eigenvalue weighted by Crippen LogP contribution is 2.31. The lowest BCUT2D eigenvalue weighted by Gasteiger charge is -2.35. The van der Waals surface area contributed by atoms with Gasteiger partial charge in [0.25, 0.3) is 0 Å². The molecular weight excluding hydrogens is 412 g/mol. The van der Waals surface area contributed by atoms with Gasteiger partial charge < -0.3 is 15.1 Å². The third kappa shape index (κ3) is 5.13. The van der Waals surface area contributed by atoms with Crippen LogP contribution in [0.5, 0.6) is 0 Å². The molecule has 1 fully saturated rings. The second-order valence-electron chi connectivity index (χ2n) is 6.84. The summed E-state index contributed by atoms with van der Waals surface area (Å²) in [6, 6.07) is 5.88. The van der Waals surface area contributed by atoms with E-state index < -0.39 is 0 Å². The van der Waals surface area contributed by atoms with Crippen molar-refractivity contribution in [3.05, 3.63) is 34.5 Å². The largest absolute Gasteiger partial charge is 0.367 e. The Labute approximate surface area is 185 Å². The van der Waals surface area contributed by atoms with E-state index in [2.05, 4.69) is 43.0 Å². The smallest absolute Gasteiger partial charge is 0.219 e. The molecule has 3 heterocycles. The first-order chi connectivity index (χ1) is 15.0. The first kappa shape index (κ1) is 22.1. The fourth-order valence-electron chi connectivity index (χ4n) is 3.20. The lowest BCUT2D eigenvalue weighted by atomic mass is 10.2. The maximum Gasteiger partial charge on any atom is 0.219 e. The van der Waals surface area contributed by atoms with E-state index in [1.54, 1.807) is 26.2 Å². The third-order valence-electron chi connectivity index (χ3n) is 4.91. The molecule has 1 N–H and O–H groups in total. The Morgan fingerprint density at radius 1 is 1.35 bits per heavy atom. The van der Waals surface area contributed by atoms with Gasteiger partial charge in [-0.3, -0.25) is 9.79 Å². The van der Waals surface area contributed by atoms with Gasteiger partial charge in [-0.2, -0.15) is 5.26 Å². The minimum absolute atomic E-state index is 0.105. The van der Waals surface area contributed by atoms with Crippen LogP contribution >= 0.6 is 11.3 Å². The van der Waals surface area contributed by atoms with Crippen LogP contribution < -0.4 is 10.2 Å². The highest BCUT2D eigenvalue weighted by Gasteiger charge is 2.19. The summed E-state index contributed by atoms with van der Waals surface area (Å²) in [5.41, 5.74) is 2.48. The van der Waals surface area contributed by atoms with Crippen molar-refractivity contribution in [2.24, 2.45) is 9.98 Å². The number of aryl methyl sites for hydroxylation is 1. The first-order valence-corrected chi connectivity index (χ1v) is 10.6. The summed E-state index contributed by atoms with van der Waals surface area (Å²) in [4.78, 5) is 33.4. The Morgan fingerprint density at radius 3 is 2.61 bits per heavy atom. The number of allylic oxidation sites excluding steroid dienone is 1. The highest BCUT2D eigenvalue weighted by atomic mass is 32.1. The predicted molar refractivity (Wildman–Crippen MR) is 125 cm³/mol. The second-order valence-corrected chi connectivity index (χ2v) is 7.84. The number of aromatic nitrogens is 2. The fraction of sp³-hybridized carbons (Fsp3) is 0.333. The van der Waals surface area contributed by atoms with Gasteiger partial charge in [-0.25, -0.2) is 15.0 Å². The number of hydrogen-bond donors (Lipinski definition) is 1. The van der Waals surface area contributed by atoms with Crippen LogP contribution in [0.2, 0.25) is 0 Å². The number of nitrogens with one attached hydrogen (secondary N) is 1. The summed E-state index contributed by atoms with van der Waals surface area (Å²) in [6.45, 7) is 10.0. The lowest BCUT2D eigenvalue weighted by molar-refractivity contribution is -0.129. The van der Waals surface area contributed by atoms with Gasteiger partial charge in [-0.05, 0) is 25.8 Å². The van der Waals surface area contributed by atoms with E-state index in [4.69, 9.17) is 0 Å². The summed E-state index contributed by atoms with van der Waals surface area (Å²) in [7, 11) is 1.79. The van der Waals surface area contributed by atoms with Gasteiger partial charge in [-0.15, -0.1) is 0 Å². The maximum absolute atomic E-state index is 11.5. The normalized spacial score (nSPS) is 14.9. The molecule has 0 saturated carbocycles. The SMILES string of the molecule is C=N/C(=C(/C#N)C=Nc1ccc(N2CCN(C(C)=O)CC2)cn1)c1sc(NC)nc1C. The highest BCUT2D eigenvalue weighted by molar-refractivity contribution is 7.16. The zero-order valence-corrected chi connectivity index (χ0v) is 18.6. The van der Waals surface area contributed by atoms with E-state index in [-0.39, 0.29) is 11.5 Å². The van der Waals surface area contributed by atoms with Crippen molar-refractivity contribution in [2.45, 2.75) is 13.8 Å². The average molecular weight is 437 g/mol. The van der Waals surface area contributed by atoms with E-state index >= 15 is 0 Å². The third-order valence-corrected chi connectivity index (χ3v) is 6.09. The number of pyridine rings is 1. The fourth-order valence-corrected chi connectivity index (χ4v) is 4.14. The summed E-state index contributed by atoms with van der Waals surface area (Å²) in [5, 5.41) is 13.4. The standard InChI is InChI=1S/C21H24N8OS/c1-14-20(31-21(24-4)27-14)19(23-3)16(11-22)12-25-18-6-5-17(13-26-18)29-9-7-28(8-10-29)15(2)30/h5-6,12-13H,3,7-10H2,1-2,4H3,(H,24,27)/b19-16-,25-12?. The molecule has 10 heteroatoms. The molecule has 160 valence electrons. The number of piperazine rings is 1. The van der Waals surface area contributed by atoms with E-state index in [0.29, 0.717) is 24.6 Å². The molecule has 1 amide bonds.